The highest BCUT2D eigenvalue weighted by Gasteiger charge is 2.54. The molecule has 9 heteroatoms. The van der Waals surface area contributed by atoms with E-state index in [2.05, 4.69) is 17.0 Å². The van der Waals surface area contributed by atoms with Gasteiger partial charge in [-0.1, -0.05) is 62.3 Å². The first-order chi connectivity index (χ1) is 18.3. The summed E-state index contributed by atoms with van der Waals surface area (Å²) in [5.74, 6) is -5.03. The van der Waals surface area contributed by atoms with Crippen molar-refractivity contribution in [2.24, 2.45) is 5.92 Å². The number of para-hydroxylation sites is 1. The van der Waals surface area contributed by atoms with Gasteiger partial charge in [-0.25, -0.2) is 14.4 Å². The maximum Gasteiger partial charge on any atom is 0.414 e. The molecule has 0 aliphatic carbocycles. The molecule has 1 saturated heterocycles. The minimum Gasteiger partial charge on any atom is -0.473 e. The maximum atomic E-state index is 13.4. The third-order valence-corrected chi connectivity index (χ3v) is 6.25. The summed E-state index contributed by atoms with van der Waals surface area (Å²) in [4.78, 5) is 48.5. The summed E-state index contributed by atoms with van der Waals surface area (Å²) in [6.07, 6.45) is 0.599. The van der Waals surface area contributed by atoms with Crippen LogP contribution in [0.5, 0.6) is 0 Å². The standard InChI is InChI=1S/C25H32N2O3.C2H2O4/c1-4-23(28)27(22-13-9-6-10-14-22)25(24(29)30-3)16-18-26(19-20(25)2)17-15-21-11-7-5-8-12-21;3-1(4)2(5)6/h5-14,20H,4,15-19H2,1-3H3;(H,3,4)(H,5,6)/t20-,25+;/m1./s1/i1D3;. The Morgan fingerprint density at radius 1 is 1.06 bits per heavy atom. The molecule has 9 nitrogen and oxygen atoms in total. The van der Waals surface area contributed by atoms with Crippen LogP contribution in [0, 0.1) is 5.92 Å². The summed E-state index contributed by atoms with van der Waals surface area (Å²) in [5, 5.41) is 14.8. The van der Waals surface area contributed by atoms with Crippen LogP contribution < -0.4 is 4.90 Å². The highest BCUT2D eigenvalue weighted by molar-refractivity contribution is 6.27. The number of carbonyl (C=O) groups excluding carboxylic acids is 2. The molecule has 1 fully saturated rings. The fraction of sp³-hybridized carbons (Fsp3) is 0.407. The Kier molecular flexibility index (Phi) is 8.93. The van der Waals surface area contributed by atoms with Crippen LogP contribution in [-0.2, 0) is 30.3 Å². The summed E-state index contributed by atoms with van der Waals surface area (Å²) in [5.41, 5.74) is 0.470. The number of methoxy groups -OCH3 is 1. The summed E-state index contributed by atoms with van der Waals surface area (Å²) in [6, 6.07) is 19.0. The smallest absolute Gasteiger partial charge is 0.414 e. The van der Waals surface area contributed by atoms with Gasteiger partial charge in [0.15, 0.2) is 0 Å². The van der Waals surface area contributed by atoms with Crippen molar-refractivity contribution >= 4 is 29.5 Å². The van der Waals surface area contributed by atoms with Crippen molar-refractivity contribution < 1.29 is 38.2 Å². The number of hydrogen-bond donors (Lipinski definition) is 2. The lowest BCUT2D eigenvalue weighted by Crippen LogP contribution is -2.67. The third kappa shape index (κ3) is 6.91. The molecule has 0 bridgehead atoms. The van der Waals surface area contributed by atoms with Crippen LogP contribution in [0.15, 0.2) is 60.7 Å². The van der Waals surface area contributed by atoms with Crippen molar-refractivity contribution in [3.8, 4) is 0 Å². The molecular formula is C27H34N2O7. The van der Waals surface area contributed by atoms with Gasteiger partial charge >= 0.3 is 17.9 Å². The summed E-state index contributed by atoms with van der Waals surface area (Å²) >= 11 is 0. The summed E-state index contributed by atoms with van der Waals surface area (Å²) in [7, 11) is 1.32. The molecule has 0 saturated carbocycles. The number of piperidine rings is 1. The molecule has 0 radical (unpaired) electrons. The number of esters is 1. The van der Waals surface area contributed by atoms with Crippen LogP contribution in [0.2, 0.25) is 0 Å². The first-order valence-electron chi connectivity index (χ1n) is 13.0. The van der Waals surface area contributed by atoms with Crippen LogP contribution in [0.3, 0.4) is 0 Å². The van der Waals surface area contributed by atoms with E-state index in [0.29, 0.717) is 25.2 Å². The van der Waals surface area contributed by atoms with Gasteiger partial charge in [-0.2, -0.15) is 0 Å². The molecule has 2 N–H and O–H groups in total. The van der Waals surface area contributed by atoms with Crippen molar-refractivity contribution in [3.05, 3.63) is 66.2 Å². The normalized spacial score (nSPS) is 20.9. The number of nitrogens with zero attached hydrogens (tertiary/aromatic N) is 2. The molecule has 1 aliphatic heterocycles. The summed E-state index contributed by atoms with van der Waals surface area (Å²) in [6.45, 7) is 1.51. The number of carboxylic acid groups (broad SMARTS) is 2. The number of ether oxygens (including phenoxy) is 1. The quantitative estimate of drug-likeness (QED) is 0.438. The molecule has 3 rings (SSSR count). The number of rotatable bonds is 7. The molecule has 0 spiro atoms. The lowest BCUT2D eigenvalue weighted by Gasteiger charge is -2.50. The Morgan fingerprint density at radius 3 is 2.14 bits per heavy atom. The van der Waals surface area contributed by atoms with E-state index in [9.17, 15) is 9.59 Å². The number of aliphatic carboxylic acids is 2. The van der Waals surface area contributed by atoms with E-state index in [1.807, 2.05) is 31.2 Å². The van der Waals surface area contributed by atoms with Crippen molar-refractivity contribution in [3.63, 3.8) is 0 Å². The second-order valence-corrected chi connectivity index (χ2v) is 8.45. The molecular weight excluding hydrogens is 464 g/mol. The fourth-order valence-corrected chi connectivity index (χ4v) is 4.50. The second-order valence-electron chi connectivity index (χ2n) is 8.45. The van der Waals surface area contributed by atoms with E-state index in [-0.39, 0.29) is 5.92 Å². The van der Waals surface area contributed by atoms with Crippen LogP contribution in [-0.4, -0.2) is 71.2 Å². The van der Waals surface area contributed by atoms with Crippen molar-refractivity contribution in [2.75, 3.05) is 31.6 Å². The lowest BCUT2D eigenvalue weighted by molar-refractivity contribution is -0.159. The van der Waals surface area contributed by atoms with Crippen molar-refractivity contribution in [1.29, 1.82) is 0 Å². The number of benzene rings is 2. The Bertz CT molecular complexity index is 1120. The van der Waals surface area contributed by atoms with Crippen LogP contribution in [0.1, 0.15) is 36.3 Å². The Balaban J connectivity index is 0.000000798. The molecule has 1 aliphatic rings. The topological polar surface area (TPSA) is 124 Å². The van der Waals surface area contributed by atoms with Crippen molar-refractivity contribution in [2.45, 2.75) is 38.6 Å². The molecule has 2 aromatic rings. The average molecular weight is 502 g/mol. The SMILES string of the molecule is O=C(O)C(=O)O.[2H]C([2H])([2H])CC(=O)N(c1ccccc1)[C@@]1(C(=O)OC)CCN(CCc2ccccc2)C[C@H]1C. The number of likely N-dealkylation sites (tertiary alicyclic amines) is 1. The maximum absolute atomic E-state index is 13.4. The van der Waals surface area contributed by atoms with E-state index in [1.54, 1.807) is 24.3 Å². The zero-order valence-electron chi connectivity index (χ0n) is 23.4. The fourth-order valence-electron chi connectivity index (χ4n) is 4.50. The zero-order valence-corrected chi connectivity index (χ0v) is 20.4. The van der Waals surface area contributed by atoms with Crippen LogP contribution in [0.25, 0.3) is 0 Å². The van der Waals surface area contributed by atoms with Crippen LogP contribution in [0.4, 0.5) is 5.69 Å². The molecule has 36 heavy (non-hydrogen) atoms. The molecule has 1 amide bonds. The number of amides is 1. The molecule has 194 valence electrons. The van der Waals surface area contributed by atoms with Gasteiger partial charge in [0.1, 0.15) is 5.54 Å². The van der Waals surface area contributed by atoms with Gasteiger partial charge in [-0.15, -0.1) is 0 Å². The van der Waals surface area contributed by atoms with E-state index >= 15 is 0 Å². The van der Waals surface area contributed by atoms with Gasteiger partial charge in [-0.3, -0.25) is 9.69 Å². The first-order valence-corrected chi connectivity index (χ1v) is 11.5. The average Bonchev–Trinajstić information content (AvgIpc) is 2.88. The Morgan fingerprint density at radius 2 is 1.64 bits per heavy atom. The second kappa shape index (κ2) is 13.4. The first kappa shape index (κ1) is 24.0. The number of carbonyl (C=O) groups is 4. The van der Waals surface area contributed by atoms with E-state index in [0.717, 1.165) is 13.0 Å². The Labute approximate surface area is 215 Å². The van der Waals surface area contributed by atoms with Gasteiger partial charge in [-0.05, 0) is 30.5 Å². The van der Waals surface area contributed by atoms with E-state index < -0.39 is 42.6 Å². The largest absolute Gasteiger partial charge is 0.473 e. The minimum atomic E-state index is -2.44. The minimum absolute atomic E-state index is 0.268. The highest BCUT2D eigenvalue weighted by Crippen LogP contribution is 2.39. The molecule has 1 heterocycles. The van der Waals surface area contributed by atoms with Crippen LogP contribution >= 0.6 is 0 Å². The molecule has 0 aromatic heterocycles. The monoisotopic (exact) mass is 501 g/mol. The predicted molar refractivity (Wildman–Crippen MR) is 135 cm³/mol. The van der Waals surface area contributed by atoms with Gasteiger partial charge < -0.3 is 19.8 Å². The lowest BCUT2D eigenvalue weighted by atomic mass is 9.76. The predicted octanol–water partition coefficient (Wildman–Crippen LogP) is 3.08. The Hall–Kier alpha value is -3.72. The highest BCUT2D eigenvalue weighted by atomic mass is 16.5. The molecule has 0 unspecified atom stereocenters. The summed E-state index contributed by atoms with van der Waals surface area (Å²) < 4.78 is 28.1. The van der Waals surface area contributed by atoms with Gasteiger partial charge in [0.05, 0.1) is 7.11 Å². The molecule has 2 aromatic carbocycles. The van der Waals surface area contributed by atoms with Gasteiger partial charge in [0.2, 0.25) is 5.91 Å². The number of anilines is 1. The number of carboxylic acids is 2. The zero-order chi connectivity index (χ0) is 29.2. The third-order valence-electron chi connectivity index (χ3n) is 6.25. The van der Waals surface area contributed by atoms with E-state index in [4.69, 9.17) is 28.7 Å². The van der Waals surface area contributed by atoms with Gasteiger partial charge in [0, 0.05) is 41.8 Å². The molecule has 2 atom stereocenters. The number of hydrogen-bond acceptors (Lipinski definition) is 6. The van der Waals surface area contributed by atoms with Gasteiger partial charge in [0.25, 0.3) is 0 Å². The van der Waals surface area contributed by atoms with E-state index in [1.165, 1.54) is 17.6 Å². The van der Waals surface area contributed by atoms with Crippen molar-refractivity contribution in [1.82, 2.24) is 4.90 Å².